The van der Waals surface area contributed by atoms with Gasteiger partial charge in [0.2, 0.25) is 16.3 Å². The Morgan fingerprint density at radius 3 is 2.35 bits per heavy atom. The molecule has 2 aromatic rings. The van der Waals surface area contributed by atoms with Gasteiger partial charge >= 0.3 is 5.97 Å². The van der Waals surface area contributed by atoms with Crippen LogP contribution in [0, 0.1) is 10.8 Å². The van der Waals surface area contributed by atoms with Crippen LogP contribution in [0.4, 0.5) is 0 Å². The summed E-state index contributed by atoms with van der Waals surface area (Å²) in [6.45, 7) is 1.71. The molecular weight excluding hydrogens is 334 g/mol. The van der Waals surface area contributed by atoms with Crippen LogP contribution in [0.25, 0.3) is 21.9 Å². The van der Waals surface area contributed by atoms with Crippen molar-refractivity contribution in [2.24, 2.45) is 0 Å². The molecule has 2 aromatic carbocycles. The summed E-state index contributed by atoms with van der Waals surface area (Å²) in [4.78, 5) is 37.3. The molecule has 4 rings (SSSR count). The van der Waals surface area contributed by atoms with E-state index in [4.69, 9.17) is 4.42 Å². The van der Waals surface area contributed by atoms with Crippen molar-refractivity contribution >= 4 is 27.8 Å². The highest BCUT2D eigenvalue weighted by atomic mass is 16.4. The van der Waals surface area contributed by atoms with E-state index in [1.165, 1.54) is 0 Å². The lowest BCUT2D eigenvalue weighted by atomic mass is 10.1. The number of carboxylic acids is 1. The Labute approximate surface area is 146 Å². The molecule has 1 atom stereocenters. The van der Waals surface area contributed by atoms with E-state index in [1.54, 1.807) is 60.0 Å². The lowest BCUT2D eigenvalue weighted by molar-refractivity contribution is -0.137. The van der Waals surface area contributed by atoms with Crippen LogP contribution >= 0.6 is 0 Å². The number of carboxylic acid groups (broad SMARTS) is 1. The zero-order valence-corrected chi connectivity index (χ0v) is 13.9. The third kappa shape index (κ3) is 2.30. The normalized spacial score (nSPS) is 12.7. The number of nitrogens with zero attached hydrogens (tertiary/aromatic N) is 1. The minimum absolute atomic E-state index is 0.0513. The molecule has 0 saturated heterocycles. The molecule has 130 valence electrons. The number of para-hydroxylation sites is 2. The minimum atomic E-state index is -0.987. The Morgan fingerprint density at radius 1 is 1.04 bits per heavy atom. The Morgan fingerprint density at radius 2 is 1.65 bits per heavy atom. The van der Waals surface area contributed by atoms with Crippen molar-refractivity contribution in [3.8, 4) is 0 Å². The first-order chi connectivity index (χ1) is 12.5. The second-order valence-electron chi connectivity index (χ2n) is 6.27. The number of carbonyl (C=O) groups is 1. The maximum atomic E-state index is 13.1. The van der Waals surface area contributed by atoms with E-state index in [0.29, 0.717) is 21.9 Å². The Bertz CT molecular complexity index is 1350. The number of rotatable bonds is 3. The van der Waals surface area contributed by atoms with E-state index < -0.39 is 12.0 Å². The number of hydrogen-bond acceptors (Lipinski definition) is 4. The number of aliphatic carboxylic acids is 1. The standard InChI is InChI=1S/C20H15NO5/c1-11(10-16(22)23)21-14-8-4-5-9-15(14)26-20-17(21)18(24)12-6-2-3-7-13(12)19(20)25/h2-9,11H,10H2,1H3,(H,22,23). The average Bonchev–Trinajstić information content (AvgIpc) is 2.64. The lowest BCUT2D eigenvalue weighted by Gasteiger charge is -2.18. The van der Waals surface area contributed by atoms with E-state index in [-0.39, 0.29) is 28.0 Å². The second kappa shape index (κ2) is 5.84. The largest absolute Gasteiger partial charge is 0.481 e. The molecule has 0 bridgehead atoms. The molecule has 1 aliphatic carbocycles. The van der Waals surface area contributed by atoms with E-state index in [2.05, 4.69) is 0 Å². The molecule has 6 nitrogen and oxygen atoms in total. The zero-order valence-electron chi connectivity index (χ0n) is 13.9. The van der Waals surface area contributed by atoms with Crippen LogP contribution in [0.2, 0.25) is 0 Å². The van der Waals surface area contributed by atoms with Crippen LogP contribution in [-0.2, 0) is 4.79 Å². The van der Waals surface area contributed by atoms with Crippen LogP contribution in [0.5, 0.6) is 0 Å². The summed E-state index contributed by atoms with van der Waals surface area (Å²) in [5, 5.41) is 9.90. The third-order valence-electron chi connectivity index (χ3n) is 4.54. The molecule has 0 aromatic heterocycles. The molecule has 26 heavy (non-hydrogen) atoms. The van der Waals surface area contributed by atoms with Gasteiger partial charge in [-0.25, -0.2) is 0 Å². The van der Waals surface area contributed by atoms with Crippen LogP contribution in [0.3, 0.4) is 0 Å². The maximum absolute atomic E-state index is 13.1. The van der Waals surface area contributed by atoms with Gasteiger partial charge in [0.05, 0.1) is 11.9 Å². The quantitative estimate of drug-likeness (QED) is 0.614. The predicted molar refractivity (Wildman–Crippen MR) is 96.5 cm³/mol. The van der Waals surface area contributed by atoms with Crippen molar-refractivity contribution in [2.45, 2.75) is 19.4 Å². The van der Waals surface area contributed by atoms with Crippen molar-refractivity contribution in [1.29, 1.82) is 0 Å². The van der Waals surface area contributed by atoms with E-state index in [1.807, 2.05) is 0 Å². The fourth-order valence-corrected chi connectivity index (χ4v) is 3.43. The van der Waals surface area contributed by atoms with Crippen LogP contribution < -0.4 is 10.9 Å². The summed E-state index contributed by atoms with van der Waals surface area (Å²) in [6.07, 6.45) is -0.186. The SMILES string of the molecule is CC(CC(=O)O)n1c2c(=O)c3ccccc3c(=O)c=2oc2ccccc21. The minimum Gasteiger partial charge on any atom is -0.481 e. The van der Waals surface area contributed by atoms with Gasteiger partial charge in [-0.2, -0.15) is 0 Å². The molecule has 1 aliphatic heterocycles. The van der Waals surface area contributed by atoms with Gasteiger partial charge in [-0.3, -0.25) is 14.4 Å². The summed E-state index contributed by atoms with van der Waals surface area (Å²) < 4.78 is 7.39. The predicted octanol–water partition coefficient (Wildman–Crippen LogP) is 2.87. The molecule has 2 aliphatic rings. The molecule has 0 amide bonds. The topological polar surface area (TPSA) is 89.5 Å². The van der Waals surface area contributed by atoms with Crippen molar-refractivity contribution in [3.05, 3.63) is 79.7 Å². The summed E-state index contributed by atoms with van der Waals surface area (Å²) in [6, 6.07) is 13.0. The van der Waals surface area contributed by atoms with Crippen LogP contribution in [-0.4, -0.2) is 15.6 Å². The van der Waals surface area contributed by atoms with E-state index in [0.717, 1.165) is 0 Å². The van der Waals surface area contributed by atoms with Gasteiger partial charge in [0, 0.05) is 16.8 Å². The van der Waals surface area contributed by atoms with Gasteiger partial charge in [-0.15, -0.1) is 0 Å². The monoisotopic (exact) mass is 349 g/mol. The molecule has 1 heterocycles. The Hall–Kier alpha value is -3.41. The Kier molecular flexibility index (Phi) is 3.61. The molecule has 6 heteroatoms. The van der Waals surface area contributed by atoms with Crippen LogP contribution in [0.15, 0.2) is 62.5 Å². The molecular formula is C20H15NO5. The highest BCUT2D eigenvalue weighted by molar-refractivity contribution is 5.82. The van der Waals surface area contributed by atoms with Crippen LogP contribution in [0.1, 0.15) is 19.4 Å². The van der Waals surface area contributed by atoms with Crippen molar-refractivity contribution in [1.82, 2.24) is 4.57 Å². The summed E-state index contributed by atoms with van der Waals surface area (Å²) in [5.74, 6) is -0.987. The number of aromatic nitrogens is 1. The fraction of sp³-hybridized carbons (Fsp3) is 0.150. The maximum Gasteiger partial charge on any atom is 0.305 e. The molecule has 0 radical (unpaired) electrons. The molecule has 0 saturated carbocycles. The summed E-state index contributed by atoms with van der Waals surface area (Å²) in [7, 11) is 0. The van der Waals surface area contributed by atoms with E-state index in [9.17, 15) is 19.5 Å². The lowest BCUT2D eigenvalue weighted by Crippen LogP contribution is -2.23. The zero-order chi connectivity index (χ0) is 18.4. The van der Waals surface area contributed by atoms with Gasteiger partial charge in [-0.05, 0) is 19.1 Å². The fourth-order valence-electron chi connectivity index (χ4n) is 3.43. The van der Waals surface area contributed by atoms with Crippen molar-refractivity contribution in [2.75, 3.05) is 0 Å². The van der Waals surface area contributed by atoms with Gasteiger partial charge < -0.3 is 14.1 Å². The molecule has 1 N–H and O–H groups in total. The van der Waals surface area contributed by atoms with Gasteiger partial charge in [0.25, 0.3) is 0 Å². The smallest absolute Gasteiger partial charge is 0.305 e. The molecule has 0 spiro atoms. The first kappa shape index (κ1) is 16.1. The van der Waals surface area contributed by atoms with Crippen molar-refractivity contribution in [3.63, 3.8) is 0 Å². The Balaban J connectivity index is 2.34. The molecule has 1 unspecified atom stereocenters. The first-order valence-corrected chi connectivity index (χ1v) is 8.19. The van der Waals surface area contributed by atoms with Gasteiger partial charge in [0.15, 0.2) is 5.58 Å². The summed E-state index contributed by atoms with van der Waals surface area (Å²) in [5.41, 5.74) is 0.216. The highest BCUT2D eigenvalue weighted by Gasteiger charge is 2.19. The van der Waals surface area contributed by atoms with Gasteiger partial charge in [0.1, 0.15) is 5.35 Å². The highest BCUT2D eigenvalue weighted by Crippen LogP contribution is 2.22. The van der Waals surface area contributed by atoms with Crippen molar-refractivity contribution < 1.29 is 14.3 Å². The third-order valence-corrected chi connectivity index (χ3v) is 4.54. The van der Waals surface area contributed by atoms with Gasteiger partial charge in [-0.1, -0.05) is 36.4 Å². The summed E-state index contributed by atoms with van der Waals surface area (Å²) >= 11 is 0. The van der Waals surface area contributed by atoms with E-state index >= 15 is 0 Å². The average molecular weight is 349 g/mol. The first-order valence-electron chi connectivity index (χ1n) is 8.19. The second-order valence-corrected chi connectivity index (χ2v) is 6.27. The molecule has 0 fully saturated rings. The number of hydrogen-bond donors (Lipinski definition) is 1. The number of fused-ring (bicyclic) bond motifs is 2. The number of benzene rings is 2.